The van der Waals surface area contributed by atoms with Crippen LogP contribution in [0.3, 0.4) is 0 Å². The standard InChI is InChI=1S/C21H22/c1-2-3-5-10-20-15-17-21(18-16-20)14-9-8-13-19-11-6-4-7-12-19/h4,6-8,11-13,15-18H,2-3,5,10H2,1H3/b13-8+. The number of allylic oxidation sites excluding steroid dienone is 1. The van der Waals surface area contributed by atoms with E-state index in [1.54, 1.807) is 0 Å². The molecule has 0 heterocycles. The lowest BCUT2D eigenvalue weighted by Gasteiger charge is -2.00. The lowest BCUT2D eigenvalue weighted by atomic mass is 10.1. The van der Waals surface area contributed by atoms with Gasteiger partial charge in [0.15, 0.2) is 0 Å². The summed E-state index contributed by atoms with van der Waals surface area (Å²) in [6, 6.07) is 18.9. The van der Waals surface area contributed by atoms with Crippen molar-refractivity contribution in [2.24, 2.45) is 0 Å². The van der Waals surface area contributed by atoms with Crippen molar-refractivity contribution >= 4 is 6.08 Å². The molecule has 0 saturated heterocycles. The molecule has 0 saturated carbocycles. The molecule has 21 heavy (non-hydrogen) atoms. The number of unbranched alkanes of at least 4 members (excludes halogenated alkanes) is 2. The van der Waals surface area contributed by atoms with Gasteiger partial charge in [-0.2, -0.15) is 0 Å². The van der Waals surface area contributed by atoms with Crippen LogP contribution in [0.5, 0.6) is 0 Å². The normalized spacial score (nSPS) is 10.3. The van der Waals surface area contributed by atoms with E-state index in [4.69, 9.17) is 0 Å². The predicted molar refractivity (Wildman–Crippen MR) is 92.0 cm³/mol. The molecule has 0 N–H and O–H groups in total. The second kappa shape index (κ2) is 8.82. The number of hydrogen-bond acceptors (Lipinski definition) is 0. The van der Waals surface area contributed by atoms with Gasteiger partial charge in [0.25, 0.3) is 0 Å². The number of benzene rings is 2. The summed E-state index contributed by atoms with van der Waals surface area (Å²) in [5, 5.41) is 0. The summed E-state index contributed by atoms with van der Waals surface area (Å²) >= 11 is 0. The van der Waals surface area contributed by atoms with E-state index < -0.39 is 0 Å². The summed E-state index contributed by atoms with van der Waals surface area (Å²) in [5.74, 6) is 6.26. The zero-order chi connectivity index (χ0) is 14.8. The van der Waals surface area contributed by atoms with E-state index in [1.165, 1.54) is 36.8 Å². The maximum atomic E-state index is 3.17. The van der Waals surface area contributed by atoms with Gasteiger partial charge in [-0.05, 0) is 48.3 Å². The second-order valence-corrected chi connectivity index (χ2v) is 5.17. The van der Waals surface area contributed by atoms with Crippen LogP contribution in [-0.4, -0.2) is 0 Å². The van der Waals surface area contributed by atoms with Crippen LogP contribution in [0, 0.1) is 11.8 Å². The van der Waals surface area contributed by atoms with Gasteiger partial charge in [0.2, 0.25) is 0 Å². The molecule has 0 fully saturated rings. The van der Waals surface area contributed by atoms with E-state index in [1.807, 2.05) is 30.4 Å². The number of rotatable bonds is 5. The summed E-state index contributed by atoms with van der Waals surface area (Å²) in [4.78, 5) is 0. The van der Waals surface area contributed by atoms with Crippen LogP contribution in [-0.2, 0) is 6.42 Å². The van der Waals surface area contributed by atoms with E-state index in [-0.39, 0.29) is 0 Å². The molecule has 0 aliphatic rings. The monoisotopic (exact) mass is 274 g/mol. The molecule has 0 aromatic heterocycles. The minimum atomic E-state index is 1.08. The largest absolute Gasteiger partial charge is 0.0696 e. The average Bonchev–Trinajstić information content (AvgIpc) is 2.54. The third kappa shape index (κ3) is 5.71. The summed E-state index contributed by atoms with van der Waals surface area (Å²) in [5.41, 5.74) is 3.67. The fourth-order valence-corrected chi connectivity index (χ4v) is 2.16. The SMILES string of the molecule is CCCCCc1ccc(C#C/C=C/c2ccccc2)cc1. The number of aryl methyl sites for hydroxylation is 1. The minimum Gasteiger partial charge on any atom is -0.0696 e. The van der Waals surface area contributed by atoms with Crippen molar-refractivity contribution in [2.75, 3.05) is 0 Å². The first-order valence-electron chi connectivity index (χ1n) is 7.70. The van der Waals surface area contributed by atoms with Gasteiger partial charge in [-0.1, -0.05) is 74.1 Å². The van der Waals surface area contributed by atoms with Crippen molar-refractivity contribution in [3.8, 4) is 11.8 Å². The fraction of sp³-hybridized carbons (Fsp3) is 0.238. The topological polar surface area (TPSA) is 0 Å². The molecule has 0 spiro atoms. The second-order valence-electron chi connectivity index (χ2n) is 5.17. The van der Waals surface area contributed by atoms with Crippen molar-refractivity contribution in [1.29, 1.82) is 0 Å². The molecule has 0 unspecified atom stereocenters. The molecule has 0 aliphatic carbocycles. The summed E-state index contributed by atoms with van der Waals surface area (Å²) in [7, 11) is 0. The fourth-order valence-electron chi connectivity index (χ4n) is 2.16. The van der Waals surface area contributed by atoms with Crippen LogP contribution < -0.4 is 0 Å². The summed E-state index contributed by atoms with van der Waals surface area (Å²) in [6.07, 6.45) is 8.98. The highest BCUT2D eigenvalue weighted by Gasteiger charge is 1.93. The molecule has 2 aromatic rings. The van der Waals surface area contributed by atoms with Crippen molar-refractivity contribution in [2.45, 2.75) is 32.6 Å². The first-order valence-corrected chi connectivity index (χ1v) is 7.70. The molecule has 0 radical (unpaired) electrons. The molecule has 2 aromatic carbocycles. The Balaban J connectivity index is 1.89. The Labute approximate surface area is 128 Å². The van der Waals surface area contributed by atoms with E-state index in [0.717, 1.165) is 5.56 Å². The summed E-state index contributed by atoms with van der Waals surface area (Å²) in [6.45, 7) is 2.24. The van der Waals surface area contributed by atoms with Crippen molar-refractivity contribution < 1.29 is 0 Å². The number of hydrogen-bond donors (Lipinski definition) is 0. The van der Waals surface area contributed by atoms with E-state index in [2.05, 4.69) is 55.2 Å². The average molecular weight is 274 g/mol. The van der Waals surface area contributed by atoms with E-state index >= 15 is 0 Å². The first-order chi connectivity index (χ1) is 10.4. The third-order valence-corrected chi connectivity index (χ3v) is 3.40. The van der Waals surface area contributed by atoms with Gasteiger partial charge in [0, 0.05) is 5.56 Å². The highest BCUT2D eigenvalue weighted by atomic mass is 14.0. The zero-order valence-electron chi connectivity index (χ0n) is 12.7. The van der Waals surface area contributed by atoms with Gasteiger partial charge in [-0.15, -0.1) is 0 Å². The van der Waals surface area contributed by atoms with Crippen LogP contribution in [0.25, 0.3) is 6.08 Å². The van der Waals surface area contributed by atoms with Crippen LogP contribution in [0.1, 0.15) is 42.9 Å². The zero-order valence-corrected chi connectivity index (χ0v) is 12.7. The quantitative estimate of drug-likeness (QED) is 0.500. The molecular formula is C21H22. The third-order valence-electron chi connectivity index (χ3n) is 3.40. The Hall–Kier alpha value is -2.26. The smallest absolute Gasteiger partial charge is 0.0249 e. The lowest BCUT2D eigenvalue weighted by Crippen LogP contribution is -1.85. The van der Waals surface area contributed by atoms with Crippen LogP contribution >= 0.6 is 0 Å². The van der Waals surface area contributed by atoms with Crippen molar-refractivity contribution in [1.82, 2.24) is 0 Å². The van der Waals surface area contributed by atoms with Gasteiger partial charge in [-0.3, -0.25) is 0 Å². The van der Waals surface area contributed by atoms with E-state index in [0.29, 0.717) is 0 Å². The molecule has 0 aliphatic heterocycles. The van der Waals surface area contributed by atoms with Crippen LogP contribution in [0.15, 0.2) is 60.7 Å². The van der Waals surface area contributed by atoms with Gasteiger partial charge in [0.1, 0.15) is 0 Å². The highest BCUT2D eigenvalue weighted by molar-refractivity contribution is 5.53. The Morgan fingerprint density at radius 1 is 0.905 bits per heavy atom. The molecule has 2 rings (SSSR count). The van der Waals surface area contributed by atoms with Crippen LogP contribution in [0.4, 0.5) is 0 Å². The molecule has 0 amide bonds. The maximum absolute atomic E-state index is 3.17. The maximum Gasteiger partial charge on any atom is 0.0249 e. The Morgan fingerprint density at radius 3 is 2.38 bits per heavy atom. The lowest BCUT2D eigenvalue weighted by molar-refractivity contribution is 0.717. The molecule has 106 valence electrons. The first kappa shape index (κ1) is 15.1. The van der Waals surface area contributed by atoms with Gasteiger partial charge >= 0.3 is 0 Å². The molecule has 0 heteroatoms. The van der Waals surface area contributed by atoms with Gasteiger partial charge in [-0.25, -0.2) is 0 Å². The molecule has 0 nitrogen and oxygen atoms in total. The molecular weight excluding hydrogens is 252 g/mol. The summed E-state index contributed by atoms with van der Waals surface area (Å²) < 4.78 is 0. The Bertz CT molecular complexity index is 607. The van der Waals surface area contributed by atoms with Crippen LogP contribution in [0.2, 0.25) is 0 Å². The molecule has 0 bridgehead atoms. The van der Waals surface area contributed by atoms with E-state index in [9.17, 15) is 0 Å². The van der Waals surface area contributed by atoms with Crippen molar-refractivity contribution in [3.05, 3.63) is 77.4 Å². The predicted octanol–water partition coefficient (Wildman–Crippen LogP) is 5.48. The van der Waals surface area contributed by atoms with Crippen molar-refractivity contribution in [3.63, 3.8) is 0 Å². The van der Waals surface area contributed by atoms with Gasteiger partial charge in [0.05, 0.1) is 0 Å². The highest BCUT2D eigenvalue weighted by Crippen LogP contribution is 2.08. The Kier molecular flexibility index (Phi) is 6.36. The Morgan fingerprint density at radius 2 is 1.67 bits per heavy atom. The minimum absolute atomic E-state index is 1.08. The molecule has 0 atom stereocenters. The van der Waals surface area contributed by atoms with Gasteiger partial charge < -0.3 is 0 Å².